The van der Waals surface area contributed by atoms with Crippen LogP contribution in [0.5, 0.6) is 0 Å². The van der Waals surface area contributed by atoms with Gasteiger partial charge in [-0.25, -0.2) is 28.8 Å². The number of rotatable bonds is 2. The fraction of sp³-hybridized carbons (Fsp3) is 0. The smallest absolute Gasteiger partial charge is 0.258 e. The number of aromatic nitrogens is 6. The van der Waals surface area contributed by atoms with E-state index in [1.165, 1.54) is 0 Å². The van der Waals surface area contributed by atoms with Crippen molar-refractivity contribution in [3.05, 3.63) is 62.9 Å². The zero-order chi connectivity index (χ0) is 14.2. The Labute approximate surface area is 104 Å². The first kappa shape index (κ1) is 12.6. The second-order valence-electron chi connectivity index (χ2n) is 3.05. The molecule has 100 valence electrons. The molecule has 2 aromatic heterocycles. The average Bonchev–Trinajstić information content (AvgIpc) is 2.25. The Bertz CT molecular complexity index is 820. The highest BCUT2D eigenvalue weighted by Gasteiger charge is 2.10. The molecular formula is C6H4N6O6S. The van der Waals surface area contributed by atoms with Crippen molar-refractivity contribution in [3.8, 4) is 0 Å². The lowest BCUT2D eigenvalue weighted by molar-refractivity contribution is 0.816. The van der Waals surface area contributed by atoms with E-state index >= 15 is 0 Å². The van der Waals surface area contributed by atoms with Gasteiger partial charge in [0.25, 0.3) is 0 Å². The first-order valence-electron chi connectivity index (χ1n) is 4.48. The molecular weight excluding hydrogens is 284 g/mol. The number of nitrogens with one attached hydrogen (secondary N) is 4. The molecule has 0 aliphatic carbocycles. The molecule has 2 rings (SSSR count). The summed E-state index contributed by atoms with van der Waals surface area (Å²) in [6.45, 7) is 0. The van der Waals surface area contributed by atoms with E-state index in [1.807, 2.05) is 0 Å². The van der Waals surface area contributed by atoms with Crippen LogP contribution in [0.15, 0.2) is 28.8 Å². The van der Waals surface area contributed by atoms with Crippen molar-refractivity contribution in [1.82, 2.24) is 27.9 Å². The molecule has 0 saturated carbocycles. The monoisotopic (exact) mass is 288 g/mol. The van der Waals surface area contributed by atoms with E-state index in [4.69, 9.17) is 0 Å². The zero-order valence-corrected chi connectivity index (χ0v) is 9.57. The van der Waals surface area contributed by atoms with Crippen molar-refractivity contribution in [3.63, 3.8) is 0 Å². The molecule has 0 radical (unpaired) electrons. The van der Waals surface area contributed by atoms with Gasteiger partial charge in [0, 0.05) is 0 Å². The summed E-state index contributed by atoms with van der Waals surface area (Å²) in [5.41, 5.74) is -6.64. The lowest BCUT2D eigenvalue weighted by Gasteiger charge is -2.01. The van der Waals surface area contributed by atoms with Crippen LogP contribution in [-0.4, -0.2) is 27.9 Å². The molecule has 0 aromatic carbocycles. The molecule has 0 atom stereocenters. The Hall–Kier alpha value is -2.83. The summed E-state index contributed by atoms with van der Waals surface area (Å²) in [5.74, 6) is 0. The summed E-state index contributed by atoms with van der Waals surface area (Å²) in [7, 11) is 0. The molecule has 0 spiro atoms. The summed E-state index contributed by atoms with van der Waals surface area (Å²) < 4.78 is 0.632. The van der Waals surface area contributed by atoms with Crippen LogP contribution >= 0.6 is 12.1 Å². The molecule has 4 N–H and O–H groups in total. The van der Waals surface area contributed by atoms with Crippen LogP contribution in [0, 0.1) is 0 Å². The maximum atomic E-state index is 11.3. The molecule has 0 amide bonds. The maximum Gasteiger partial charge on any atom is 0.345 e. The normalized spacial score (nSPS) is 10.5. The molecule has 13 heteroatoms. The number of nitrogens with zero attached hydrogens (tertiary/aromatic N) is 2. The Morgan fingerprint density at radius 1 is 0.579 bits per heavy atom. The lowest BCUT2D eigenvalue weighted by atomic mass is 11.0. The average molecular weight is 288 g/mol. The number of H-pyrrole nitrogens is 4. The molecule has 19 heavy (non-hydrogen) atoms. The van der Waals surface area contributed by atoms with Crippen molar-refractivity contribution in [2.24, 2.45) is 0 Å². The standard InChI is InChI=1S/C6H4N6O6S/c13-1-7-3(15)11(4(16)8-1)19-12-5(17)9-2(14)10-6(12)18/h(H2,7,8,13,15,16)(H2,9,10,14,17,18). The predicted octanol–water partition coefficient (Wildman–Crippen LogP) is -4.28. The Morgan fingerprint density at radius 3 is 1.11 bits per heavy atom. The Kier molecular flexibility index (Phi) is 2.95. The number of hydrogen-bond donors (Lipinski definition) is 4. The van der Waals surface area contributed by atoms with E-state index in [0.29, 0.717) is 7.94 Å². The van der Waals surface area contributed by atoms with E-state index in [0.717, 1.165) is 0 Å². The highest BCUT2D eigenvalue weighted by Crippen LogP contribution is 1.92. The van der Waals surface area contributed by atoms with Crippen LogP contribution in [-0.2, 0) is 0 Å². The highest BCUT2D eigenvalue weighted by molar-refractivity contribution is 7.96. The first-order chi connectivity index (χ1) is 8.88. The van der Waals surface area contributed by atoms with Crippen molar-refractivity contribution < 1.29 is 0 Å². The van der Waals surface area contributed by atoms with Crippen LogP contribution < -0.4 is 34.1 Å². The molecule has 2 heterocycles. The van der Waals surface area contributed by atoms with Crippen molar-refractivity contribution >= 4 is 12.1 Å². The minimum absolute atomic E-state index is 0.0920. The van der Waals surface area contributed by atoms with Gasteiger partial charge in [0.05, 0.1) is 12.1 Å². The van der Waals surface area contributed by atoms with Gasteiger partial charge in [-0.1, -0.05) is 0 Å². The summed E-state index contributed by atoms with van der Waals surface area (Å²) in [6.07, 6.45) is 0. The van der Waals surface area contributed by atoms with Gasteiger partial charge in [-0.15, -0.1) is 0 Å². The van der Waals surface area contributed by atoms with Crippen molar-refractivity contribution in [2.45, 2.75) is 0 Å². The van der Waals surface area contributed by atoms with E-state index in [9.17, 15) is 28.8 Å². The van der Waals surface area contributed by atoms with Gasteiger partial charge in [-0.3, -0.25) is 19.9 Å². The van der Waals surface area contributed by atoms with Crippen LogP contribution in [0.3, 0.4) is 0 Å². The lowest BCUT2D eigenvalue weighted by Crippen LogP contribution is -2.45. The SMILES string of the molecule is O=c1[nH]c(=O)n(Sn2c(=O)[nH]c(=O)[nH]c2=O)c(=O)[nH]1. The molecule has 0 aliphatic rings. The van der Waals surface area contributed by atoms with E-state index in [2.05, 4.69) is 0 Å². The second kappa shape index (κ2) is 4.45. The fourth-order valence-corrected chi connectivity index (χ4v) is 1.71. The summed E-state index contributed by atoms with van der Waals surface area (Å²) >= 11 is 0.0920. The van der Waals surface area contributed by atoms with Crippen molar-refractivity contribution in [2.75, 3.05) is 0 Å². The fourth-order valence-electron chi connectivity index (χ4n) is 1.07. The molecule has 0 unspecified atom stereocenters. The van der Waals surface area contributed by atoms with Crippen LogP contribution in [0.1, 0.15) is 0 Å². The Morgan fingerprint density at radius 2 is 0.842 bits per heavy atom. The second-order valence-corrected chi connectivity index (χ2v) is 3.94. The maximum absolute atomic E-state index is 11.3. The van der Waals surface area contributed by atoms with Crippen LogP contribution in [0.25, 0.3) is 0 Å². The van der Waals surface area contributed by atoms with Gasteiger partial charge in [0.2, 0.25) is 0 Å². The third-order valence-corrected chi connectivity index (χ3v) is 2.77. The number of aromatic amines is 4. The quantitative estimate of drug-likeness (QED) is 0.432. The van der Waals surface area contributed by atoms with Gasteiger partial charge < -0.3 is 0 Å². The largest absolute Gasteiger partial charge is 0.345 e. The third-order valence-electron chi connectivity index (χ3n) is 1.78. The van der Waals surface area contributed by atoms with Gasteiger partial charge in [-0.05, 0) is 0 Å². The van der Waals surface area contributed by atoms with E-state index in [-0.39, 0.29) is 12.1 Å². The summed E-state index contributed by atoms with van der Waals surface area (Å²) in [4.78, 5) is 73.7. The molecule has 0 aliphatic heterocycles. The molecule has 0 saturated heterocycles. The summed E-state index contributed by atoms with van der Waals surface area (Å²) in [5, 5.41) is 0. The van der Waals surface area contributed by atoms with Crippen LogP contribution in [0.2, 0.25) is 0 Å². The Balaban J connectivity index is 2.68. The number of hydrogen-bond acceptors (Lipinski definition) is 7. The molecule has 0 bridgehead atoms. The zero-order valence-electron chi connectivity index (χ0n) is 8.75. The third kappa shape index (κ3) is 2.39. The van der Waals surface area contributed by atoms with E-state index < -0.39 is 34.1 Å². The predicted molar refractivity (Wildman–Crippen MR) is 62.3 cm³/mol. The van der Waals surface area contributed by atoms with Crippen molar-refractivity contribution in [1.29, 1.82) is 0 Å². The molecule has 0 fully saturated rings. The minimum Gasteiger partial charge on any atom is -0.258 e. The highest BCUT2D eigenvalue weighted by atomic mass is 32.2. The molecule has 2 aromatic rings. The van der Waals surface area contributed by atoms with Gasteiger partial charge in [0.15, 0.2) is 0 Å². The molecule has 12 nitrogen and oxygen atoms in total. The minimum atomic E-state index is -1.14. The van der Waals surface area contributed by atoms with Gasteiger partial charge in [0.1, 0.15) is 0 Å². The topological polar surface area (TPSA) is 175 Å². The van der Waals surface area contributed by atoms with E-state index in [1.54, 1.807) is 19.9 Å². The summed E-state index contributed by atoms with van der Waals surface area (Å²) in [6, 6.07) is 0. The van der Waals surface area contributed by atoms with Gasteiger partial charge >= 0.3 is 34.1 Å². The van der Waals surface area contributed by atoms with Gasteiger partial charge in [-0.2, -0.15) is 7.94 Å². The first-order valence-corrected chi connectivity index (χ1v) is 5.21. The van der Waals surface area contributed by atoms with Crippen LogP contribution in [0.4, 0.5) is 0 Å².